The van der Waals surface area contributed by atoms with Gasteiger partial charge in [0.2, 0.25) is 0 Å². The van der Waals surface area contributed by atoms with Gasteiger partial charge in [-0.3, -0.25) is 0 Å². The fourth-order valence-corrected chi connectivity index (χ4v) is 2.45. The molecule has 1 aromatic heterocycles. The lowest BCUT2D eigenvalue weighted by molar-refractivity contribution is -0.153. The maximum absolute atomic E-state index is 12.5. The molecule has 0 saturated heterocycles. The van der Waals surface area contributed by atoms with E-state index in [1.165, 1.54) is 0 Å². The van der Waals surface area contributed by atoms with Crippen molar-refractivity contribution in [3.8, 4) is 5.75 Å². The molecule has 2 aromatic rings. The van der Waals surface area contributed by atoms with E-state index in [0.717, 1.165) is 11.3 Å². The fourth-order valence-electron chi connectivity index (χ4n) is 2.45. The van der Waals surface area contributed by atoms with Gasteiger partial charge in [0.1, 0.15) is 5.75 Å². The normalized spacial score (nSPS) is 11.9. The fraction of sp³-hybridized carbons (Fsp3) is 0.500. The van der Waals surface area contributed by atoms with E-state index in [1.54, 1.807) is 19.1 Å². The largest absolute Gasteiger partial charge is 0.484 e. The SMILES string of the molecule is CCNC(=NCc1ccc(C)cc1OCC(F)(F)F)NCc1cc(C(C)C)no1.I. The Labute approximate surface area is 191 Å². The number of aliphatic imine (C=N–C) groups is 1. The van der Waals surface area contributed by atoms with Crippen molar-refractivity contribution in [3.63, 3.8) is 0 Å². The number of nitrogens with one attached hydrogen (secondary N) is 2. The number of benzene rings is 1. The second kappa shape index (κ2) is 12.0. The van der Waals surface area contributed by atoms with Crippen molar-refractivity contribution in [2.24, 2.45) is 4.99 Å². The Morgan fingerprint density at radius 2 is 1.97 bits per heavy atom. The van der Waals surface area contributed by atoms with Crippen LogP contribution in [0.15, 0.2) is 33.8 Å². The standard InChI is InChI=1S/C20H27F3N4O2.HI/c1-5-24-19(26-11-16-9-17(13(2)3)27-29-16)25-10-15-7-6-14(4)8-18(15)28-12-20(21,22)23;/h6-9,13H,5,10-12H2,1-4H3,(H2,24,25,26);1H. The molecule has 0 atom stereocenters. The Morgan fingerprint density at radius 3 is 2.57 bits per heavy atom. The van der Waals surface area contributed by atoms with Crippen LogP contribution in [0, 0.1) is 6.92 Å². The van der Waals surface area contributed by atoms with E-state index in [0.29, 0.717) is 30.4 Å². The van der Waals surface area contributed by atoms with Gasteiger partial charge in [-0.15, -0.1) is 24.0 Å². The molecule has 6 nitrogen and oxygen atoms in total. The van der Waals surface area contributed by atoms with Crippen LogP contribution in [-0.4, -0.2) is 30.4 Å². The Morgan fingerprint density at radius 1 is 1.23 bits per heavy atom. The van der Waals surface area contributed by atoms with Gasteiger partial charge in [0.05, 0.1) is 18.8 Å². The monoisotopic (exact) mass is 540 g/mol. The lowest BCUT2D eigenvalue weighted by Gasteiger charge is -2.14. The van der Waals surface area contributed by atoms with Gasteiger partial charge < -0.3 is 19.9 Å². The second-order valence-electron chi connectivity index (χ2n) is 6.94. The van der Waals surface area contributed by atoms with Gasteiger partial charge in [-0.2, -0.15) is 13.2 Å². The van der Waals surface area contributed by atoms with Gasteiger partial charge in [-0.25, -0.2) is 4.99 Å². The molecule has 10 heteroatoms. The Balaban J connectivity index is 0.00000450. The lowest BCUT2D eigenvalue weighted by Crippen LogP contribution is -2.36. The molecule has 2 N–H and O–H groups in total. The smallest absolute Gasteiger partial charge is 0.422 e. The maximum Gasteiger partial charge on any atom is 0.422 e. The third kappa shape index (κ3) is 8.80. The molecule has 168 valence electrons. The molecule has 1 heterocycles. The molecule has 30 heavy (non-hydrogen) atoms. The van der Waals surface area contributed by atoms with E-state index in [1.807, 2.05) is 32.9 Å². The highest BCUT2D eigenvalue weighted by Gasteiger charge is 2.28. The summed E-state index contributed by atoms with van der Waals surface area (Å²) in [6.07, 6.45) is -4.40. The minimum atomic E-state index is -4.40. The molecule has 0 unspecified atom stereocenters. The van der Waals surface area contributed by atoms with Crippen molar-refractivity contribution in [3.05, 3.63) is 46.8 Å². The molecule has 0 spiro atoms. The van der Waals surface area contributed by atoms with Gasteiger partial charge in [0.15, 0.2) is 18.3 Å². The summed E-state index contributed by atoms with van der Waals surface area (Å²) in [4.78, 5) is 4.45. The Bertz CT molecular complexity index is 823. The quantitative estimate of drug-likeness (QED) is 0.283. The molecule has 2 rings (SSSR count). The van der Waals surface area contributed by atoms with Crippen LogP contribution in [0.3, 0.4) is 0 Å². The molecule has 0 fully saturated rings. The van der Waals surface area contributed by atoms with E-state index in [2.05, 4.69) is 20.8 Å². The maximum atomic E-state index is 12.5. The van der Waals surface area contributed by atoms with E-state index in [-0.39, 0.29) is 42.2 Å². The van der Waals surface area contributed by atoms with Crippen LogP contribution in [0.1, 0.15) is 49.3 Å². The molecule has 0 aliphatic rings. The third-order valence-corrected chi connectivity index (χ3v) is 3.96. The number of halogens is 4. The summed E-state index contributed by atoms with van der Waals surface area (Å²) in [6, 6.07) is 7.00. The summed E-state index contributed by atoms with van der Waals surface area (Å²) < 4.78 is 47.8. The Hall–Kier alpha value is -1.98. The summed E-state index contributed by atoms with van der Waals surface area (Å²) in [7, 11) is 0. The molecule has 0 bridgehead atoms. The number of guanidine groups is 1. The predicted molar refractivity (Wildman–Crippen MR) is 120 cm³/mol. The molecular formula is C20H28F3IN4O2. The minimum absolute atomic E-state index is 0. The number of hydrogen-bond acceptors (Lipinski definition) is 4. The average Bonchev–Trinajstić information content (AvgIpc) is 3.12. The number of ether oxygens (including phenoxy) is 1. The molecule has 0 saturated carbocycles. The number of alkyl halides is 3. The zero-order valence-corrected chi connectivity index (χ0v) is 19.8. The molecule has 0 radical (unpaired) electrons. The van der Waals surface area contributed by atoms with E-state index in [9.17, 15) is 13.2 Å². The molecule has 0 amide bonds. The number of aryl methyl sites for hydroxylation is 1. The highest BCUT2D eigenvalue weighted by atomic mass is 127. The van der Waals surface area contributed by atoms with Crippen LogP contribution in [0.5, 0.6) is 5.75 Å². The zero-order chi connectivity index (χ0) is 21.4. The van der Waals surface area contributed by atoms with Crippen molar-refractivity contribution in [2.45, 2.75) is 52.9 Å². The predicted octanol–water partition coefficient (Wildman–Crippen LogP) is 4.92. The summed E-state index contributed by atoms with van der Waals surface area (Å²) in [5.41, 5.74) is 2.25. The van der Waals surface area contributed by atoms with E-state index >= 15 is 0 Å². The van der Waals surface area contributed by atoms with Crippen molar-refractivity contribution < 1.29 is 22.4 Å². The molecule has 1 aromatic carbocycles. The lowest BCUT2D eigenvalue weighted by atomic mass is 10.1. The number of hydrogen-bond donors (Lipinski definition) is 2. The summed E-state index contributed by atoms with van der Waals surface area (Å²) >= 11 is 0. The highest BCUT2D eigenvalue weighted by Crippen LogP contribution is 2.24. The van der Waals surface area contributed by atoms with Crippen LogP contribution in [0.2, 0.25) is 0 Å². The number of rotatable bonds is 8. The van der Waals surface area contributed by atoms with Crippen LogP contribution in [-0.2, 0) is 13.1 Å². The van der Waals surface area contributed by atoms with Crippen molar-refractivity contribution in [1.82, 2.24) is 15.8 Å². The summed E-state index contributed by atoms with van der Waals surface area (Å²) in [5.74, 6) is 1.63. The summed E-state index contributed by atoms with van der Waals surface area (Å²) in [6.45, 7) is 7.61. The van der Waals surface area contributed by atoms with E-state index in [4.69, 9.17) is 9.26 Å². The molecule has 0 aliphatic carbocycles. The van der Waals surface area contributed by atoms with Crippen molar-refractivity contribution in [2.75, 3.05) is 13.2 Å². The molecular weight excluding hydrogens is 512 g/mol. The van der Waals surface area contributed by atoms with Crippen LogP contribution in [0.4, 0.5) is 13.2 Å². The first-order chi connectivity index (χ1) is 13.7. The third-order valence-electron chi connectivity index (χ3n) is 3.96. The molecule has 0 aliphatic heterocycles. The first-order valence-corrected chi connectivity index (χ1v) is 9.44. The highest BCUT2D eigenvalue weighted by molar-refractivity contribution is 14.0. The zero-order valence-electron chi connectivity index (χ0n) is 17.5. The first-order valence-electron chi connectivity index (χ1n) is 9.44. The van der Waals surface area contributed by atoms with Crippen molar-refractivity contribution >= 4 is 29.9 Å². The summed E-state index contributed by atoms with van der Waals surface area (Å²) in [5, 5.41) is 10.2. The average molecular weight is 540 g/mol. The minimum Gasteiger partial charge on any atom is -0.484 e. The number of aromatic nitrogens is 1. The van der Waals surface area contributed by atoms with Crippen molar-refractivity contribution in [1.29, 1.82) is 0 Å². The van der Waals surface area contributed by atoms with Gasteiger partial charge >= 0.3 is 6.18 Å². The van der Waals surface area contributed by atoms with Gasteiger partial charge in [0.25, 0.3) is 0 Å². The second-order valence-corrected chi connectivity index (χ2v) is 6.94. The van der Waals surface area contributed by atoms with Crippen LogP contribution in [0.25, 0.3) is 0 Å². The van der Waals surface area contributed by atoms with Gasteiger partial charge in [-0.05, 0) is 31.4 Å². The van der Waals surface area contributed by atoms with Gasteiger partial charge in [-0.1, -0.05) is 31.1 Å². The topological polar surface area (TPSA) is 71.7 Å². The van der Waals surface area contributed by atoms with Gasteiger partial charge in [0, 0.05) is 18.2 Å². The van der Waals surface area contributed by atoms with E-state index < -0.39 is 12.8 Å². The van der Waals surface area contributed by atoms with Crippen LogP contribution >= 0.6 is 24.0 Å². The Kier molecular flexibility index (Phi) is 10.4. The first kappa shape index (κ1) is 26.1. The van der Waals surface area contributed by atoms with Crippen LogP contribution < -0.4 is 15.4 Å². The number of nitrogens with zero attached hydrogens (tertiary/aromatic N) is 2.